The van der Waals surface area contributed by atoms with Gasteiger partial charge in [0.25, 0.3) is 0 Å². The first-order chi connectivity index (χ1) is 6.42. The van der Waals surface area contributed by atoms with Gasteiger partial charge < -0.3 is 5.73 Å². The van der Waals surface area contributed by atoms with Gasteiger partial charge in [-0.15, -0.1) is 11.3 Å². The van der Waals surface area contributed by atoms with Gasteiger partial charge in [-0.3, -0.25) is 0 Å². The minimum Gasteiger partial charge on any atom is -0.354 e. The van der Waals surface area contributed by atoms with E-state index in [1.165, 1.54) is 16.0 Å². The van der Waals surface area contributed by atoms with Crippen LogP contribution in [0.2, 0.25) is 0 Å². The quantitative estimate of drug-likeness (QED) is 0.751. The Balaban J connectivity index is 2.51. The summed E-state index contributed by atoms with van der Waals surface area (Å²) in [5.41, 5.74) is 6.58. The molecule has 1 heterocycles. The lowest BCUT2D eigenvalue weighted by Gasteiger charge is -2.02. The van der Waals surface area contributed by atoms with Crippen molar-refractivity contribution in [2.75, 3.05) is 0 Å². The minimum atomic E-state index is 0.855. The zero-order valence-electron chi connectivity index (χ0n) is 7.36. The second-order valence-electron chi connectivity index (χ2n) is 2.88. The van der Waals surface area contributed by atoms with Crippen LogP contribution in [0, 0.1) is 0 Å². The molecule has 0 amide bonds. The fourth-order valence-corrected chi connectivity index (χ4v) is 2.20. The molecule has 0 radical (unpaired) electrons. The second kappa shape index (κ2) is 3.73. The molecule has 0 bridgehead atoms. The normalized spacial score (nSPS) is 10.2. The summed E-state index contributed by atoms with van der Waals surface area (Å²) in [6.45, 7) is 0.855. The van der Waals surface area contributed by atoms with Gasteiger partial charge in [-0.1, -0.05) is 30.3 Å². The molecule has 0 saturated carbocycles. The maximum absolute atomic E-state index is 3.93. The summed E-state index contributed by atoms with van der Waals surface area (Å²) < 4.78 is 0. The smallest absolute Gasteiger partial charge is 0.100 e. The monoisotopic (exact) mass is 190 g/mol. The van der Waals surface area contributed by atoms with Crippen molar-refractivity contribution in [1.29, 1.82) is 0 Å². The van der Waals surface area contributed by atoms with Gasteiger partial charge >= 0.3 is 0 Å². The van der Waals surface area contributed by atoms with Crippen molar-refractivity contribution in [3.63, 3.8) is 0 Å². The third-order valence-corrected chi connectivity index (χ3v) is 2.98. The Hall–Kier alpha value is -1.12. The third-order valence-electron chi connectivity index (χ3n) is 2.07. The molecule has 0 aliphatic carbocycles. The minimum absolute atomic E-state index is 0.855. The molecular formula is C11H12NS+. The van der Waals surface area contributed by atoms with Crippen molar-refractivity contribution in [3.05, 3.63) is 47.3 Å². The fraction of sp³-hybridized carbons (Fsp3) is 0.0909. The number of benzene rings is 1. The lowest BCUT2D eigenvalue weighted by atomic mass is 10.1. The average Bonchev–Trinajstić information content (AvgIpc) is 2.70. The summed E-state index contributed by atoms with van der Waals surface area (Å²) in [6.07, 6.45) is 0. The average molecular weight is 190 g/mol. The number of quaternary nitrogens is 1. The summed E-state index contributed by atoms with van der Waals surface area (Å²) in [4.78, 5) is 1.33. The van der Waals surface area contributed by atoms with Gasteiger partial charge in [-0.25, -0.2) is 0 Å². The van der Waals surface area contributed by atoms with E-state index in [1.54, 1.807) is 11.3 Å². The van der Waals surface area contributed by atoms with Crippen LogP contribution >= 0.6 is 11.3 Å². The van der Waals surface area contributed by atoms with Crippen molar-refractivity contribution in [3.8, 4) is 10.4 Å². The van der Waals surface area contributed by atoms with Gasteiger partial charge in [0.1, 0.15) is 6.54 Å². The number of thiophene rings is 1. The predicted octanol–water partition coefficient (Wildman–Crippen LogP) is 2.16. The van der Waals surface area contributed by atoms with E-state index in [0.29, 0.717) is 0 Å². The summed E-state index contributed by atoms with van der Waals surface area (Å²) >= 11 is 1.78. The predicted molar refractivity (Wildman–Crippen MR) is 56.3 cm³/mol. The van der Waals surface area contributed by atoms with Gasteiger partial charge in [0, 0.05) is 16.0 Å². The van der Waals surface area contributed by atoms with Crippen LogP contribution in [0.4, 0.5) is 0 Å². The molecule has 1 aromatic carbocycles. The van der Waals surface area contributed by atoms with E-state index < -0.39 is 0 Å². The maximum atomic E-state index is 3.93. The van der Waals surface area contributed by atoms with Gasteiger partial charge in [-0.05, 0) is 11.4 Å². The summed E-state index contributed by atoms with van der Waals surface area (Å²) in [7, 11) is 0. The third kappa shape index (κ3) is 1.64. The van der Waals surface area contributed by atoms with Crippen molar-refractivity contribution < 1.29 is 5.73 Å². The van der Waals surface area contributed by atoms with Gasteiger partial charge in [0.05, 0.1) is 0 Å². The molecule has 0 spiro atoms. The highest BCUT2D eigenvalue weighted by Gasteiger charge is 2.03. The van der Waals surface area contributed by atoms with Crippen molar-refractivity contribution in [2.24, 2.45) is 0 Å². The number of hydrogen-bond donors (Lipinski definition) is 1. The molecule has 66 valence electrons. The van der Waals surface area contributed by atoms with E-state index in [2.05, 4.69) is 47.5 Å². The highest BCUT2D eigenvalue weighted by Crippen LogP contribution is 2.27. The zero-order chi connectivity index (χ0) is 9.10. The zero-order valence-corrected chi connectivity index (χ0v) is 8.18. The summed E-state index contributed by atoms with van der Waals surface area (Å²) in [5, 5.41) is 2.11. The van der Waals surface area contributed by atoms with E-state index in [9.17, 15) is 0 Å². The second-order valence-corrected chi connectivity index (χ2v) is 3.83. The number of rotatable bonds is 2. The lowest BCUT2D eigenvalue weighted by Crippen LogP contribution is -2.47. The molecule has 1 aromatic heterocycles. The largest absolute Gasteiger partial charge is 0.354 e. The Morgan fingerprint density at radius 3 is 2.62 bits per heavy atom. The Kier molecular flexibility index (Phi) is 2.43. The van der Waals surface area contributed by atoms with E-state index >= 15 is 0 Å². The first-order valence-corrected chi connectivity index (χ1v) is 5.21. The Labute approximate surface area is 81.8 Å². The van der Waals surface area contributed by atoms with Crippen molar-refractivity contribution >= 4 is 11.3 Å². The van der Waals surface area contributed by atoms with Crippen LogP contribution in [-0.2, 0) is 6.54 Å². The Morgan fingerprint density at radius 1 is 1.08 bits per heavy atom. The van der Waals surface area contributed by atoms with Crippen LogP contribution in [0.25, 0.3) is 10.4 Å². The number of hydrogen-bond acceptors (Lipinski definition) is 1. The molecule has 2 heteroatoms. The highest BCUT2D eigenvalue weighted by atomic mass is 32.1. The standard InChI is InChI=1S/C11H11NS/c12-8-9-4-1-2-5-10(9)11-6-3-7-13-11/h1-7H,8,12H2/p+1. The molecular weight excluding hydrogens is 178 g/mol. The Bertz CT molecular complexity index is 379. The van der Waals surface area contributed by atoms with Gasteiger partial charge in [0.15, 0.2) is 0 Å². The molecule has 13 heavy (non-hydrogen) atoms. The summed E-state index contributed by atoms with van der Waals surface area (Å²) in [6, 6.07) is 12.7. The van der Waals surface area contributed by atoms with E-state index in [0.717, 1.165) is 6.54 Å². The first-order valence-electron chi connectivity index (χ1n) is 4.33. The topological polar surface area (TPSA) is 27.6 Å². The Morgan fingerprint density at radius 2 is 1.92 bits per heavy atom. The maximum Gasteiger partial charge on any atom is 0.100 e. The molecule has 1 nitrogen and oxygen atoms in total. The van der Waals surface area contributed by atoms with Gasteiger partial charge in [0.2, 0.25) is 0 Å². The molecule has 0 saturated heterocycles. The molecule has 3 N–H and O–H groups in total. The highest BCUT2D eigenvalue weighted by molar-refractivity contribution is 7.13. The fourth-order valence-electron chi connectivity index (χ4n) is 1.41. The molecule has 2 rings (SSSR count). The lowest BCUT2D eigenvalue weighted by molar-refractivity contribution is -0.386. The molecule has 0 fully saturated rings. The van der Waals surface area contributed by atoms with Crippen LogP contribution in [-0.4, -0.2) is 0 Å². The van der Waals surface area contributed by atoms with E-state index in [-0.39, 0.29) is 0 Å². The first kappa shape index (κ1) is 8.48. The molecule has 2 aromatic rings. The van der Waals surface area contributed by atoms with Crippen LogP contribution in [0.3, 0.4) is 0 Å². The van der Waals surface area contributed by atoms with Crippen molar-refractivity contribution in [2.45, 2.75) is 6.54 Å². The molecule has 0 atom stereocenters. The van der Waals surface area contributed by atoms with Crippen LogP contribution < -0.4 is 5.73 Å². The SMILES string of the molecule is [NH3+]Cc1ccccc1-c1cccs1. The van der Waals surface area contributed by atoms with Crippen LogP contribution in [0.5, 0.6) is 0 Å². The molecule has 0 unspecified atom stereocenters. The van der Waals surface area contributed by atoms with Crippen LogP contribution in [0.15, 0.2) is 41.8 Å². The van der Waals surface area contributed by atoms with E-state index in [4.69, 9.17) is 0 Å². The molecule has 0 aliphatic rings. The summed E-state index contributed by atoms with van der Waals surface area (Å²) in [5.74, 6) is 0. The van der Waals surface area contributed by atoms with Crippen LogP contribution in [0.1, 0.15) is 5.56 Å². The molecule has 0 aliphatic heterocycles. The van der Waals surface area contributed by atoms with Crippen molar-refractivity contribution in [1.82, 2.24) is 0 Å². The van der Waals surface area contributed by atoms with E-state index in [1.807, 2.05) is 0 Å². The van der Waals surface area contributed by atoms with Gasteiger partial charge in [-0.2, -0.15) is 0 Å².